The Morgan fingerprint density at radius 3 is 2.51 bits per heavy atom. The molecule has 4 rings (SSSR count). The van der Waals surface area contributed by atoms with E-state index >= 15 is 0 Å². The van der Waals surface area contributed by atoms with Gasteiger partial charge in [-0.05, 0) is 5.56 Å². The number of rotatable bonds is 8. The van der Waals surface area contributed by atoms with Crippen LogP contribution >= 0.6 is 11.8 Å². The highest BCUT2D eigenvalue weighted by molar-refractivity contribution is 8.00. The first kappa shape index (κ1) is 24.4. The molecule has 3 atom stereocenters. The van der Waals surface area contributed by atoms with Gasteiger partial charge in [0.15, 0.2) is 25.0 Å². The average molecular weight is 499 g/mol. The zero-order chi connectivity index (χ0) is 25.1. The van der Waals surface area contributed by atoms with E-state index in [9.17, 15) is 29.4 Å². The predicted molar refractivity (Wildman–Crippen MR) is 123 cm³/mol. The lowest BCUT2D eigenvalue weighted by atomic mass is 10.0. The third-order valence-electron chi connectivity index (χ3n) is 5.68. The number of carboxylic acid groups (broad SMARTS) is 1. The molecule has 1 aromatic carbocycles. The van der Waals surface area contributed by atoms with Crippen molar-refractivity contribution < 1.29 is 38.7 Å². The van der Waals surface area contributed by atoms with Gasteiger partial charge in [0.05, 0.1) is 0 Å². The van der Waals surface area contributed by atoms with Gasteiger partial charge in [0, 0.05) is 35.9 Å². The van der Waals surface area contributed by atoms with E-state index in [2.05, 4.69) is 5.32 Å². The Labute approximate surface area is 205 Å². The molecule has 0 aliphatic carbocycles. The SMILES string of the molecule is CC(=O)OCC1=C(C(=O)O)N2C(=O)C(NC(=O)C(O)c3ccc(C[n+]4ccccc4)cc3)C2SC1. The fourth-order valence-electron chi connectivity index (χ4n) is 3.92. The van der Waals surface area contributed by atoms with Crippen LogP contribution < -0.4 is 9.88 Å². The summed E-state index contributed by atoms with van der Waals surface area (Å²) in [6.45, 7) is 1.61. The molecule has 3 heterocycles. The molecule has 11 heteroatoms. The topological polar surface area (TPSA) is 137 Å². The molecule has 2 amide bonds. The number of aromatic nitrogens is 1. The summed E-state index contributed by atoms with van der Waals surface area (Å²) in [7, 11) is 0. The molecule has 35 heavy (non-hydrogen) atoms. The summed E-state index contributed by atoms with van der Waals surface area (Å²) >= 11 is 1.25. The Hall–Kier alpha value is -3.70. The van der Waals surface area contributed by atoms with Gasteiger partial charge in [-0.3, -0.25) is 19.3 Å². The van der Waals surface area contributed by atoms with Crippen LogP contribution in [0.5, 0.6) is 0 Å². The Balaban J connectivity index is 1.39. The monoisotopic (exact) mass is 498 g/mol. The molecule has 0 bridgehead atoms. The molecule has 3 N–H and O–H groups in total. The fraction of sp³-hybridized carbons (Fsp3) is 0.292. The Morgan fingerprint density at radius 2 is 1.89 bits per heavy atom. The lowest BCUT2D eigenvalue weighted by Crippen LogP contribution is -2.71. The quantitative estimate of drug-likeness (QED) is 0.270. The molecule has 0 radical (unpaired) electrons. The Bertz CT molecular complexity index is 1180. The van der Waals surface area contributed by atoms with E-state index in [4.69, 9.17) is 4.74 Å². The van der Waals surface area contributed by atoms with Gasteiger partial charge in [0.25, 0.3) is 11.8 Å². The normalized spacial score (nSPS) is 19.9. The molecule has 182 valence electrons. The van der Waals surface area contributed by atoms with Gasteiger partial charge in [0.1, 0.15) is 23.7 Å². The number of carbonyl (C=O) groups excluding carboxylic acids is 3. The van der Waals surface area contributed by atoms with Crippen LogP contribution in [0.2, 0.25) is 0 Å². The van der Waals surface area contributed by atoms with Crippen LogP contribution in [0.3, 0.4) is 0 Å². The van der Waals surface area contributed by atoms with Gasteiger partial charge >= 0.3 is 11.9 Å². The number of carboxylic acids is 1. The van der Waals surface area contributed by atoms with Crippen molar-refractivity contribution in [3.05, 3.63) is 77.3 Å². The number of aliphatic carboxylic acids is 1. The molecular weight excluding hydrogens is 474 g/mol. The summed E-state index contributed by atoms with van der Waals surface area (Å²) in [6.07, 6.45) is 2.38. The number of pyridine rings is 1. The summed E-state index contributed by atoms with van der Waals surface area (Å²) in [5.41, 5.74) is 1.43. The minimum absolute atomic E-state index is 0.221. The van der Waals surface area contributed by atoms with Gasteiger partial charge in [0.2, 0.25) is 0 Å². The lowest BCUT2D eigenvalue weighted by Gasteiger charge is -2.49. The minimum Gasteiger partial charge on any atom is -0.477 e. The number of hydrogen-bond acceptors (Lipinski definition) is 7. The van der Waals surface area contributed by atoms with Crippen molar-refractivity contribution in [3.63, 3.8) is 0 Å². The number of thioether (sulfide) groups is 1. The van der Waals surface area contributed by atoms with Gasteiger partial charge in [-0.25, -0.2) is 9.36 Å². The number of benzene rings is 1. The summed E-state index contributed by atoms with van der Waals surface area (Å²) in [5, 5.41) is 22.0. The molecule has 0 saturated carbocycles. The first-order valence-corrected chi connectivity index (χ1v) is 11.9. The number of amides is 2. The van der Waals surface area contributed by atoms with Crippen molar-refractivity contribution in [3.8, 4) is 0 Å². The van der Waals surface area contributed by atoms with Gasteiger partial charge in [-0.2, -0.15) is 0 Å². The number of fused-ring (bicyclic) bond motifs is 1. The first-order valence-electron chi connectivity index (χ1n) is 10.8. The van der Waals surface area contributed by atoms with E-state index < -0.39 is 41.3 Å². The number of carbonyl (C=O) groups is 4. The van der Waals surface area contributed by atoms with Crippen LogP contribution in [0.4, 0.5) is 0 Å². The highest BCUT2D eigenvalue weighted by Crippen LogP contribution is 2.40. The van der Waals surface area contributed by atoms with Crippen molar-refractivity contribution in [2.45, 2.75) is 31.0 Å². The number of aliphatic hydroxyl groups excluding tert-OH is 1. The highest BCUT2D eigenvalue weighted by Gasteiger charge is 2.54. The van der Waals surface area contributed by atoms with Gasteiger partial charge in [-0.1, -0.05) is 30.3 Å². The second kappa shape index (κ2) is 10.3. The molecular formula is C24H24N3O7S+. The van der Waals surface area contributed by atoms with Crippen LogP contribution in [0.25, 0.3) is 0 Å². The van der Waals surface area contributed by atoms with E-state index in [1.165, 1.54) is 18.7 Å². The number of aliphatic hydroxyl groups is 1. The van der Waals surface area contributed by atoms with E-state index in [1.54, 1.807) is 12.1 Å². The summed E-state index contributed by atoms with van der Waals surface area (Å²) in [5.74, 6) is -3.00. The number of esters is 1. The zero-order valence-corrected chi connectivity index (χ0v) is 19.6. The summed E-state index contributed by atoms with van der Waals surface area (Å²) in [4.78, 5) is 49.3. The zero-order valence-electron chi connectivity index (χ0n) is 18.8. The number of hydrogen-bond donors (Lipinski definition) is 3. The summed E-state index contributed by atoms with van der Waals surface area (Å²) < 4.78 is 6.89. The molecule has 1 saturated heterocycles. The smallest absolute Gasteiger partial charge is 0.352 e. The van der Waals surface area contributed by atoms with Crippen molar-refractivity contribution in [2.24, 2.45) is 0 Å². The minimum atomic E-state index is -1.49. The van der Waals surface area contributed by atoms with E-state index in [0.717, 1.165) is 10.5 Å². The molecule has 2 aliphatic rings. The highest BCUT2D eigenvalue weighted by atomic mass is 32.2. The largest absolute Gasteiger partial charge is 0.477 e. The third-order valence-corrected chi connectivity index (χ3v) is 7.02. The maximum absolute atomic E-state index is 12.7. The third kappa shape index (κ3) is 5.20. The standard InChI is InChI=1S/C24H23N3O7S/c1-14(28)34-12-17-13-35-23-18(22(31)27(23)19(17)24(32)33)25-21(30)20(29)16-7-5-15(6-8-16)11-26-9-3-2-4-10-26/h2-10,18,20,23,29H,11-13H2,1H3,(H-,25,30,32,33)/p+1. The number of nitrogens with zero attached hydrogens (tertiary/aromatic N) is 2. The van der Waals surface area contributed by atoms with Crippen LogP contribution in [0.1, 0.15) is 24.2 Å². The van der Waals surface area contributed by atoms with Gasteiger partial charge in [-0.15, -0.1) is 11.8 Å². The maximum Gasteiger partial charge on any atom is 0.352 e. The Morgan fingerprint density at radius 1 is 1.20 bits per heavy atom. The van der Waals surface area contributed by atoms with Crippen molar-refractivity contribution >= 4 is 35.5 Å². The van der Waals surface area contributed by atoms with Crippen molar-refractivity contribution in [1.29, 1.82) is 0 Å². The Kier molecular flexibility index (Phi) is 7.17. The van der Waals surface area contributed by atoms with E-state index in [1.807, 2.05) is 47.3 Å². The average Bonchev–Trinajstić information content (AvgIpc) is 2.85. The molecule has 2 aromatic rings. The second-order valence-electron chi connectivity index (χ2n) is 8.13. The fourth-order valence-corrected chi connectivity index (χ4v) is 5.25. The van der Waals surface area contributed by atoms with Gasteiger partial charge < -0.3 is 20.3 Å². The molecule has 2 aliphatic heterocycles. The summed E-state index contributed by atoms with van der Waals surface area (Å²) in [6, 6.07) is 11.7. The van der Waals surface area contributed by atoms with E-state index in [-0.39, 0.29) is 18.1 Å². The van der Waals surface area contributed by atoms with E-state index in [0.29, 0.717) is 17.7 Å². The maximum atomic E-state index is 12.7. The van der Waals surface area contributed by atoms with Crippen LogP contribution in [-0.4, -0.2) is 62.6 Å². The number of β-lactam (4-membered cyclic amide) rings is 1. The number of ether oxygens (including phenoxy) is 1. The molecule has 3 unspecified atom stereocenters. The van der Waals surface area contributed by atoms with Crippen LogP contribution in [-0.2, 0) is 30.5 Å². The lowest BCUT2D eigenvalue weighted by molar-refractivity contribution is -0.688. The van der Waals surface area contributed by atoms with Crippen molar-refractivity contribution in [2.75, 3.05) is 12.4 Å². The van der Waals surface area contributed by atoms with Crippen LogP contribution in [0.15, 0.2) is 66.1 Å². The molecule has 0 spiro atoms. The number of nitrogens with one attached hydrogen (secondary N) is 1. The first-order chi connectivity index (χ1) is 16.8. The molecule has 10 nitrogen and oxygen atoms in total. The second-order valence-corrected chi connectivity index (χ2v) is 9.23. The predicted octanol–water partition coefficient (Wildman–Crippen LogP) is 0.358. The molecule has 1 aromatic heterocycles. The molecule has 1 fully saturated rings. The van der Waals surface area contributed by atoms with Crippen LogP contribution in [0, 0.1) is 0 Å². The van der Waals surface area contributed by atoms with Crippen molar-refractivity contribution in [1.82, 2.24) is 10.2 Å².